The summed E-state index contributed by atoms with van der Waals surface area (Å²) < 4.78 is 4.98. The second kappa shape index (κ2) is 7.56. The number of aliphatic carboxylic acids is 1. The Morgan fingerprint density at radius 3 is 2.79 bits per heavy atom. The Hall–Kier alpha value is -1.85. The van der Waals surface area contributed by atoms with Crippen LogP contribution in [0.5, 0.6) is 5.88 Å². The summed E-state index contributed by atoms with van der Waals surface area (Å²) in [6, 6.07) is 0. The number of aromatic nitrogens is 2. The molecule has 1 heterocycles. The molecule has 0 aliphatic rings. The van der Waals surface area contributed by atoms with Crippen molar-refractivity contribution in [2.75, 3.05) is 19.0 Å². The van der Waals surface area contributed by atoms with Crippen LogP contribution in [0, 0.1) is 11.8 Å². The lowest BCUT2D eigenvalue weighted by atomic mass is 9.94. The number of carboxylic acid groups (broad SMARTS) is 1. The minimum Gasteiger partial charge on any atom is -0.481 e. The third-order valence-corrected chi connectivity index (χ3v) is 2.66. The first-order valence-electron chi connectivity index (χ1n) is 6.33. The van der Waals surface area contributed by atoms with Gasteiger partial charge in [0.25, 0.3) is 0 Å². The zero-order chi connectivity index (χ0) is 14.3. The average molecular weight is 267 g/mol. The maximum atomic E-state index is 10.8. The van der Waals surface area contributed by atoms with Crippen molar-refractivity contribution in [2.24, 2.45) is 11.8 Å². The van der Waals surface area contributed by atoms with Gasteiger partial charge in [-0.1, -0.05) is 13.8 Å². The lowest BCUT2D eigenvalue weighted by Crippen LogP contribution is -2.20. The fraction of sp³-hybridized carbons (Fsp3) is 0.615. The molecular weight excluding hydrogens is 246 g/mol. The van der Waals surface area contributed by atoms with Crippen LogP contribution in [0.15, 0.2) is 12.4 Å². The molecule has 0 aromatic carbocycles. The molecule has 19 heavy (non-hydrogen) atoms. The number of hydrogen-bond donors (Lipinski definition) is 2. The zero-order valence-electron chi connectivity index (χ0n) is 11.6. The van der Waals surface area contributed by atoms with Crippen LogP contribution in [0.2, 0.25) is 0 Å². The monoisotopic (exact) mass is 267 g/mol. The van der Waals surface area contributed by atoms with Crippen LogP contribution in [0.3, 0.4) is 0 Å². The van der Waals surface area contributed by atoms with Crippen molar-refractivity contribution in [3.05, 3.63) is 12.4 Å². The molecule has 0 aliphatic carbocycles. The number of ether oxygens (including phenoxy) is 1. The first-order chi connectivity index (χ1) is 9.01. The van der Waals surface area contributed by atoms with E-state index in [0.29, 0.717) is 24.2 Å². The molecule has 0 amide bonds. The minimum absolute atomic E-state index is 0.0745. The summed E-state index contributed by atoms with van der Waals surface area (Å²) in [7, 11) is 1.53. The molecule has 0 aliphatic heterocycles. The van der Waals surface area contributed by atoms with Crippen molar-refractivity contribution in [1.29, 1.82) is 0 Å². The smallest absolute Gasteiger partial charge is 0.303 e. The molecule has 0 saturated heterocycles. The van der Waals surface area contributed by atoms with Gasteiger partial charge in [0, 0.05) is 13.0 Å². The number of nitrogens with zero attached hydrogens (tertiary/aromatic N) is 2. The lowest BCUT2D eigenvalue weighted by Gasteiger charge is -2.18. The number of hydrogen-bond acceptors (Lipinski definition) is 5. The van der Waals surface area contributed by atoms with E-state index in [1.165, 1.54) is 13.3 Å². The molecule has 1 rings (SSSR count). The van der Waals surface area contributed by atoms with Gasteiger partial charge in [0.1, 0.15) is 5.82 Å². The Bertz CT molecular complexity index is 410. The zero-order valence-corrected chi connectivity index (χ0v) is 11.6. The Morgan fingerprint density at radius 1 is 1.47 bits per heavy atom. The third-order valence-electron chi connectivity index (χ3n) is 2.66. The average Bonchev–Trinajstić information content (AvgIpc) is 2.35. The molecule has 1 unspecified atom stereocenters. The Kier molecular flexibility index (Phi) is 6.05. The van der Waals surface area contributed by atoms with E-state index in [9.17, 15) is 4.79 Å². The van der Waals surface area contributed by atoms with Gasteiger partial charge in [0.2, 0.25) is 5.88 Å². The molecule has 6 heteroatoms. The number of nitrogens with one attached hydrogen (secondary N) is 1. The first kappa shape index (κ1) is 15.2. The van der Waals surface area contributed by atoms with E-state index >= 15 is 0 Å². The molecule has 1 atom stereocenters. The largest absolute Gasteiger partial charge is 0.481 e. The number of carboxylic acids is 1. The summed E-state index contributed by atoms with van der Waals surface area (Å²) in [6.07, 6.45) is 4.13. The SMILES string of the molecule is COc1cncc(NCC(CC(=O)O)CC(C)C)n1. The lowest BCUT2D eigenvalue weighted by molar-refractivity contribution is -0.138. The van der Waals surface area contributed by atoms with Gasteiger partial charge in [0.05, 0.1) is 19.5 Å². The van der Waals surface area contributed by atoms with Crippen molar-refractivity contribution in [2.45, 2.75) is 26.7 Å². The van der Waals surface area contributed by atoms with Gasteiger partial charge in [-0.3, -0.25) is 9.78 Å². The summed E-state index contributed by atoms with van der Waals surface area (Å²) in [4.78, 5) is 19.0. The van der Waals surface area contributed by atoms with Crippen molar-refractivity contribution in [1.82, 2.24) is 9.97 Å². The van der Waals surface area contributed by atoms with Crippen molar-refractivity contribution in [3.63, 3.8) is 0 Å². The van der Waals surface area contributed by atoms with E-state index < -0.39 is 5.97 Å². The molecule has 0 radical (unpaired) electrons. The van der Waals surface area contributed by atoms with Crippen molar-refractivity contribution >= 4 is 11.8 Å². The van der Waals surface area contributed by atoms with Gasteiger partial charge < -0.3 is 15.2 Å². The molecular formula is C13H21N3O3. The highest BCUT2D eigenvalue weighted by Gasteiger charge is 2.15. The first-order valence-corrected chi connectivity index (χ1v) is 6.33. The fourth-order valence-electron chi connectivity index (χ4n) is 1.93. The Balaban J connectivity index is 2.56. The summed E-state index contributed by atoms with van der Waals surface area (Å²) in [5.41, 5.74) is 0. The summed E-state index contributed by atoms with van der Waals surface area (Å²) in [6.45, 7) is 4.73. The molecule has 0 spiro atoms. The van der Waals surface area contributed by atoms with Crippen LogP contribution in [0.1, 0.15) is 26.7 Å². The van der Waals surface area contributed by atoms with Gasteiger partial charge >= 0.3 is 5.97 Å². The van der Waals surface area contributed by atoms with Crippen LogP contribution in [0.4, 0.5) is 5.82 Å². The van der Waals surface area contributed by atoms with Gasteiger partial charge in [-0.05, 0) is 18.3 Å². The van der Waals surface area contributed by atoms with Gasteiger partial charge in [-0.15, -0.1) is 0 Å². The van der Waals surface area contributed by atoms with E-state index in [1.807, 2.05) is 0 Å². The van der Waals surface area contributed by atoms with Crippen LogP contribution in [-0.4, -0.2) is 34.7 Å². The normalized spacial score (nSPS) is 12.2. The second-order valence-corrected chi connectivity index (χ2v) is 4.92. The standard InChI is InChI=1S/C13H21N3O3/c1-9(2)4-10(5-13(17)18)6-15-11-7-14-8-12(16-11)19-3/h7-10H,4-6H2,1-3H3,(H,15,16)(H,17,18). The van der Waals surface area contributed by atoms with E-state index in [0.717, 1.165) is 6.42 Å². The van der Waals surface area contributed by atoms with E-state index in [2.05, 4.69) is 29.1 Å². The van der Waals surface area contributed by atoms with Gasteiger partial charge in [-0.2, -0.15) is 4.98 Å². The highest BCUT2D eigenvalue weighted by Crippen LogP contribution is 2.17. The molecule has 2 N–H and O–H groups in total. The maximum absolute atomic E-state index is 10.8. The Labute approximate surface area is 113 Å². The number of rotatable bonds is 8. The Morgan fingerprint density at radius 2 is 2.21 bits per heavy atom. The van der Waals surface area contributed by atoms with E-state index in [4.69, 9.17) is 9.84 Å². The summed E-state index contributed by atoms with van der Waals surface area (Å²) in [5, 5.41) is 12.0. The number of carbonyl (C=O) groups is 1. The second-order valence-electron chi connectivity index (χ2n) is 4.92. The fourth-order valence-corrected chi connectivity index (χ4v) is 1.93. The topological polar surface area (TPSA) is 84.3 Å². The molecule has 0 fully saturated rings. The van der Waals surface area contributed by atoms with Crippen LogP contribution in [0.25, 0.3) is 0 Å². The third kappa shape index (κ3) is 6.03. The molecule has 0 bridgehead atoms. The molecule has 106 valence electrons. The predicted octanol–water partition coefficient (Wildman–Crippen LogP) is 2.03. The summed E-state index contributed by atoms with van der Waals surface area (Å²) >= 11 is 0. The van der Waals surface area contributed by atoms with Crippen molar-refractivity contribution in [3.8, 4) is 5.88 Å². The van der Waals surface area contributed by atoms with Crippen molar-refractivity contribution < 1.29 is 14.6 Å². The highest BCUT2D eigenvalue weighted by molar-refractivity contribution is 5.67. The maximum Gasteiger partial charge on any atom is 0.303 e. The number of anilines is 1. The molecule has 0 saturated carbocycles. The minimum atomic E-state index is -0.774. The van der Waals surface area contributed by atoms with Crippen LogP contribution >= 0.6 is 0 Å². The van der Waals surface area contributed by atoms with E-state index in [1.54, 1.807) is 6.20 Å². The number of methoxy groups -OCH3 is 1. The highest BCUT2D eigenvalue weighted by atomic mass is 16.5. The quantitative estimate of drug-likeness (QED) is 0.749. The van der Waals surface area contributed by atoms with Crippen LogP contribution < -0.4 is 10.1 Å². The molecule has 1 aromatic rings. The van der Waals surface area contributed by atoms with Crippen LogP contribution in [-0.2, 0) is 4.79 Å². The van der Waals surface area contributed by atoms with E-state index in [-0.39, 0.29) is 12.3 Å². The van der Waals surface area contributed by atoms with Gasteiger partial charge in [0.15, 0.2) is 0 Å². The molecule has 6 nitrogen and oxygen atoms in total. The summed E-state index contributed by atoms with van der Waals surface area (Å²) in [5.74, 6) is 0.791. The van der Waals surface area contributed by atoms with Gasteiger partial charge in [-0.25, -0.2) is 0 Å². The predicted molar refractivity (Wildman–Crippen MR) is 72.3 cm³/mol. The molecule has 1 aromatic heterocycles.